The second-order valence-electron chi connectivity index (χ2n) is 9.32. The first-order chi connectivity index (χ1) is 16.4. The Hall–Kier alpha value is -2.54. The molecule has 7 heteroatoms. The molecule has 0 radical (unpaired) electrons. The maximum absolute atomic E-state index is 11.2. The molecule has 182 valence electrons. The standard InChI is InChI=1S/C27H34ClN3O3/c1-21-15-25(16-22(2)26(21)28)34-20-27(32)9-4-11-30(19-27)18-23-7-3-8-24(17-23)33-14-6-13-31-12-5-10-29-31/h3,5,7-8,10,12,15-17,32H,4,6,9,11,13-14,18-20H2,1-2H3. The normalized spacial score (nSPS) is 18.7. The van der Waals surface area contributed by atoms with E-state index in [1.807, 2.05) is 55.1 Å². The largest absolute Gasteiger partial charge is 0.494 e. The fraction of sp³-hybridized carbons (Fsp3) is 0.444. The number of ether oxygens (including phenoxy) is 2. The van der Waals surface area contributed by atoms with Gasteiger partial charge in [-0.2, -0.15) is 5.10 Å². The first-order valence-corrected chi connectivity index (χ1v) is 12.3. The van der Waals surface area contributed by atoms with Gasteiger partial charge in [-0.3, -0.25) is 9.58 Å². The van der Waals surface area contributed by atoms with E-state index < -0.39 is 5.60 Å². The number of likely N-dealkylation sites (tertiary alicyclic amines) is 1. The number of nitrogens with zero attached hydrogens (tertiary/aromatic N) is 3. The van der Waals surface area contributed by atoms with Crippen molar-refractivity contribution in [1.29, 1.82) is 0 Å². The number of piperidine rings is 1. The minimum absolute atomic E-state index is 0.267. The maximum atomic E-state index is 11.2. The fourth-order valence-electron chi connectivity index (χ4n) is 4.51. The monoisotopic (exact) mass is 483 g/mol. The molecule has 1 aromatic heterocycles. The second-order valence-corrected chi connectivity index (χ2v) is 9.69. The zero-order chi connectivity index (χ0) is 24.0. The van der Waals surface area contributed by atoms with Gasteiger partial charge in [0.15, 0.2) is 0 Å². The van der Waals surface area contributed by atoms with Crippen molar-refractivity contribution >= 4 is 11.6 Å². The van der Waals surface area contributed by atoms with E-state index in [0.717, 1.165) is 66.5 Å². The molecule has 0 bridgehead atoms. The Morgan fingerprint density at radius 3 is 2.68 bits per heavy atom. The first-order valence-electron chi connectivity index (χ1n) is 11.9. The zero-order valence-corrected chi connectivity index (χ0v) is 20.8. The fourth-order valence-corrected chi connectivity index (χ4v) is 4.62. The van der Waals surface area contributed by atoms with Crippen molar-refractivity contribution in [2.45, 2.75) is 51.8 Å². The van der Waals surface area contributed by atoms with Crippen LogP contribution < -0.4 is 9.47 Å². The Labute approximate surface area is 207 Å². The average Bonchev–Trinajstić information content (AvgIpc) is 3.33. The van der Waals surface area contributed by atoms with Crippen LogP contribution in [0, 0.1) is 13.8 Å². The number of aryl methyl sites for hydroxylation is 3. The van der Waals surface area contributed by atoms with Crippen molar-refractivity contribution in [2.24, 2.45) is 0 Å². The van der Waals surface area contributed by atoms with E-state index in [2.05, 4.69) is 22.1 Å². The summed E-state index contributed by atoms with van der Waals surface area (Å²) in [4.78, 5) is 2.29. The lowest BCUT2D eigenvalue weighted by Gasteiger charge is -2.39. The molecule has 34 heavy (non-hydrogen) atoms. The van der Waals surface area contributed by atoms with Gasteiger partial charge < -0.3 is 14.6 Å². The average molecular weight is 484 g/mol. The molecule has 0 aliphatic carbocycles. The van der Waals surface area contributed by atoms with Gasteiger partial charge in [0.1, 0.15) is 23.7 Å². The Kier molecular flexibility index (Phi) is 8.14. The minimum atomic E-state index is -0.875. The van der Waals surface area contributed by atoms with Crippen molar-refractivity contribution in [1.82, 2.24) is 14.7 Å². The van der Waals surface area contributed by atoms with Crippen LogP contribution in [0.3, 0.4) is 0 Å². The maximum Gasteiger partial charge on any atom is 0.120 e. The molecule has 0 amide bonds. The summed E-state index contributed by atoms with van der Waals surface area (Å²) in [5, 5.41) is 16.2. The van der Waals surface area contributed by atoms with Crippen LogP contribution in [0.25, 0.3) is 0 Å². The van der Waals surface area contributed by atoms with Crippen LogP contribution in [0.4, 0.5) is 0 Å². The SMILES string of the molecule is Cc1cc(OCC2(O)CCCN(Cc3cccc(OCCCn4cccn4)c3)C2)cc(C)c1Cl. The molecule has 6 nitrogen and oxygen atoms in total. The third kappa shape index (κ3) is 6.75. The van der Waals surface area contributed by atoms with Gasteiger partial charge in [0.2, 0.25) is 0 Å². The predicted octanol–water partition coefficient (Wildman–Crippen LogP) is 5.03. The van der Waals surface area contributed by atoms with Gasteiger partial charge >= 0.3 is 0 Å². The lowest BCUT2D eigenvalue weighted by Crippen LogP contribution is -2.51. The molecule has 0 saturated carbocycles. The molecule has 2 heterocycles. The predicted molar refractivity (Wildman–Crippen MR) is 135 cm³/mol. The molecule has 1 atom stereocenters. The van der Waals surface area contributed by atoms with Gasteiger partial charge in [0.05, 0.1) is 6.61 Å². The summed E-state index contributed by atoms with van der Waals surface area (Å²) in [5.74, 6) is 1.63. The van der Waals surface area contributed by atoms with Crippen LogP contribution in [-0.2, 0) is 13.1 Å². The summed E-state index contributed by atoms with van der Waals surface area (Å²) in [5.41, 5.74) is 2.27. The summed E-state index contributed by atoms with van der Waals surface area (Å²) in [6.07, 6.45) is 6.31. The minimum Gasteiger partial charge on any atom is -0.494 e. The van der Waals surface area contributed by atoms with Gasteiger partial charge in [-0.15, -0.1) is 0 Å². The van der Waals surface area contributed by atoms with Gasteiger partial charge in [-0.05, 0) is 80.3 Å². The molecular weight excluding hydrogens is 450 g/mol. The van der Waals surface area contributed by atoms with E-state index in [1.165, 1.54) is 5.56 Å². The number of rotatable bonds is 10. The quantitative estimate of drug-likeness (QED) is 0.410. The molecule has 1 N–H and O–H groups in total. The van der Waals surface area contributed by atoms with Crippen molar-refractivity contribution in [2.75, 3.05) is 26.3 Å². The lowest BCUT2D eigenvalue weighted by molar-refractivity contribution is -0.0621. The highest BCUT2D eigenvalue weighted by Gasteiger charge is 2.34. The van der Waals surface area contributed by atoms with Crippen molar-refractivity contribution < 1.29 is 14.6 Å². The van der Waals surface area contributed by atoms with E-state index in [-0.39, 0.29) is 6.61 Å². The summed E-state index contributed by atoms with van der Waals surface area (Å²) >= 11 is 6.27. The Morgan fingerprint density at radius 1 is 1.09 bits per heavy atom. The lowest BCUT2D eigenvalue weighted by atomic mass is 9.93. The third-order valence-corrected chi connectivity index (χ3v) is 6.81. The van der Waals surface area contributed by atoms with Crippen LogP contribution >= 0.6 is 11.6 Å². The van der Waals surface area contributed by atoms with Crippen LogP contribution in [0.15, 0.2) is 54.9 Å². The van der Waals surface area contributed by atoms with E-state index in [4.69, 9.17) is 21.1 Å². The number of hydrogen-bond acceptors (Lipinski definition) is 5. The molecule has 3 aromatic rings. The van der Waals surface area contributed by atoms with Crippen molar-refractivity contribution in [3.05, 3.63) is 76.6 Å². The number of hydrogen-bond donors (Lipinski definition) is 1. The summed E-state index contributed by atoms with van der Waals surface area (Å²) < 4.78 is 13.9. The van der Waals surface area contributed by atoms with Crippen LogP contribution in [0.2, 0.25) is 5.02 Å². The summed E-state index contributed by atoms with van der Waals surface area (Å²) in [6.45, 7) is 8.00. The van der Waals surface area contributed by atoms with Crippen molar-refractivity contribution in [3.8, 4) is 11.5 Å². The highest BCUT2D eigenvalue weighted by Crippen LogP contribution is 2.28. The Bertz CT molecular complexity index is 1050. The number of β-amino-alcohol motifs (C(OH)–C–C–N with tert-alkyl or cyclic N) is 1. The third-order valence-electron chi connectivity index (χ3n) is 6.22. The number of halogens is 1. The van der Waals surface area contributed by atoms with E-state index in [0.29, 0.717) is 13.2 Å². The highest BCUT2D eigenvalue weighted by atomic mass is 35.5. The molecule has 4 rings (SSSR count). The second kappa shape index (κ2) is 11.3. The van der Waals surface area contributed by atoms with Crippen LogP contribution in [-0.4, -0.2) is 51.7 Å². The van der Waals surface area contributed by atoms with Crippen molar-refractivity contribution in [3.63, 3.8) is 0 Å². The summed E-state index contributed by atoms with van der Waals surface area (Å²) in [7, 11) is 0. The van der Waals surface area contributed by atoms with Gasteiger partial charge in [0.25, 0.3) is 0 Å². The molecule has 0 spiro atoms. The van der Waals surface area contributed by atoms with Gasteiger partial charge in [-0.1, -0.05) is 23.7 Å². The van der Waals surface area contributed by atoms with Crippen LogP contribution in [0.1, 0.15) is 36.0 Å². The molecule has 2 aromatic carbocycles. The summed E-state index contributed by atoms with van der Waals surface area (Å²) in [6, 6.07) is 14.0. The smallest absolute Gasteiger partial charge is 0.120 e. The molecule has 1 fully saturated rings. The van der Waals surface area contributed by atoms with Gasteiger partial charge in [0, 0.05) is 43.5 Å². The zero-order valence-electron chi connectivity index (χ0n) is 20.0. The van der Waals surface area contributed by atoms with Crippen LogP contribution in [0.5, 0.6) is 11.5 Å². The topological polar surface area (TPSA) is 59.8 Å². The Balaban J connectivity index is 1.28. The first kappa shape index (κ1) is 24.6. The Morgan fingerprint density at radius 2 is 1.91 bits per heavy atom. The molecular formula is C27H34ClN3O3. The van der Waals surface area contributed by atoms with E-state index in [9.17, 15) is 5.11 Å². The number of aliphatic hydroxyl groups is 1. The number of benzene rings is 2. The van der Waals surface area contributed by atoms with Gasteiger partial charge in [-0.25, -0.2) is 0 Å². The molecule has 1 aliphatic rings. The van der Waals surface area contributed by atoms with E-state index in [1.54, 1.807) is 6.20 Å². The molecule has 1 aliphatic heterocycles. The van der Waals surface area contributed by atoms with E-state index >= 15 is 0 Å². The molecule has 1 unspecified atom stereocenters. The highest BCUT2D eigenvalue weighted by molar-refractivity contribution is 6.32. The number of aromatic nitrogens is 2. The molecule has 1 saturated heterocycles.